The van der Waals surface area contributed by atoms with Crippen molar-refractivity contribution in [3.8, 4) is 17.3 Å². The fourth-order valence-corrected chi connectivity index (χ4v) is 3.74. The third-order valence-corrected chi connectivity index (χ3v) is 5.30. The lowest BCUT2D eigenvalue weighted by Gasteiger charge is -2.37. The van der Waals surface area contributed by atoms with Gasteiger partial charge in [0.25, 0.3) is 0 Å². The van der Waals surface area contributed by atoms with Gasteiger partial charge in [-0.25, -0.2) is 0 Å². The number of nitriles is 1. The first kappa shape index (κ1) is 15.8. The average molecular weight is 330 g/mol. The molecule has 1 aliphatic carbocycles. The summed E-state index contributed by atoms with van der Waals surface area (Å²) in [6, 6.07) is 10.7. The van der Waals surface area contributed by atoms with Gasteiger partial charge in [-0.15, -0.1) is 0 Å². The average Bonchev–Trinajstić information content (AvgIpc) is 2.65. The van der Waals surface area contributed by atoms with Crippen LogP contribution in [0.25, 0.3) is 17.0 Å². The number of piperidine rings is 1. The van der Waals surface area contributed by atoms with Gasteiger partial charge in [0, 0.05) is 54.4 Å². The van der Waals surface area contributed by atoms with E-state index in [9.17, 15) is 5.26 Å². The second-order valence-corrected chi connectivity index (χ2v) is 6.83. The number of rotatable bonds is 3. The molecule has 2 aromatic heterocycles. The van der Waals surface area contributed by atoms with E-state index in [1.807, 2.05) is 36.8 Å². The van der Waals surface area contributed by atoms with Gasteiger partial charge in [0.15, 0.2) is 0 Å². The summed E-state index contributed by atoms with van der Waals surface area (Å²) in [7, 11) is 0. The van der Waals surface area contributed by atoms with Crippen molar-refractivity contribution >= 4 is 5.70 Å². The Morgan fingerprint density at radius 1 is 1.08 bits per heavy atom. The maximum absolute atomic E-state index is 9.20. The largest absolute Gasteiger partial charge is 0.371 e. The molecule has 0 aromatic carbocycles. The summed E-state index contributed by atoms with van der Waals surface area (Å²) in [6.07, 6.45) is 11.1. The zero-order valence-corrected chi connectivity index (χ0v) is 14.4. The number of hydrogen-bond acceptors (Lipinski definition) is 4. The Hall–Kier alpha value is -2.67. The predicted octanol–water partition coefficient (Wildman–Crippen LogP) is 4.27. The molecule has 0 unspecified atom stereocenters. The van der Waals surface area contributed by atoms with Crippen LogP contribution >= 0.6 is 0 Å². The molecule has 2 aromatic rings. The number of aromatic nitrogens is 2. The highest BCUT2D eigenvalue weighted by atomic mass is 15.1. The van der Waals surface area contributed by atoms with Gasteiger partial charge < -0.3 is 4.90 Å². The molecule has 0 radical (unpaired) electrons. The van der Waals surface area contributed by atoms with E-state index in [-0.39, 0.29) is 5.92 Å². The maximum Gasteiger partial charge on any atom is 0.0796 e. The topological polar surface area (TPSA) is 52.8 Å². The number of nitrogens with zero attached hydrogens (tertiary/aromatic N) is 4. The Kier molecular flexibility index (Phi) is 4.47. The maximum atomic E-state index is 9.20. The van der Waals surface area contributed by atoms with Crippen LogP contribution in [0.2, 0.25) is 0 Å². The molecule has 126 valence electrons. The Labute approximate surface area is 148 Å². The quantitative estimate of drug-likeness (QED) is 0.843. The Balaban J connectivity index is 1.74. The van der Waals surface area contributed by atoms with Crippen LogP contribution in [0, 0.1) is 17.2 Å². The van der Waals surface area contributed by atoms with Crippen LogP contribution in [0.5, 0.6) is 0 Å². The molecule has 4 heteroatoms. The lowest BCUT2D eigenvalue weighted by molar-refractivity contribution is 0.286. The van der Waals surface area contributed by atoms with Gasteiger partial charge in [-0.3, -0.25) is 9.97 Å². The lowest BCUT2D eigenvalue weighted by Crippen LogP contribution is -2.33. The summed E-state index contributed by atoms with van der Waals surface area (Å²) in [5.74, 6) is 0.206. The molecule has 2 aliphatic rings. The smallest absolute Gasteiger partial charge is 0.0796 e. The first-order valence-corrected chi connectivity index (χ1v) is 9.09. The highest BCUT2D eigenvalue weighted by Gasteiger charge is 2.27. The fourth-order valence-electron chi connectivity index (χ4n) is 3.74. The molecule has 1 aliphatic heterocycles. The van der Waals surface area contributed by atoms with Crippen LogP contribution in [0.15, 0.2) is 48.4 Å². The van der Waals surface area contributed by atoms with E-state index in [0.717, 1.165) is 37.2 Å². The van der Waals surface area contributed by atoms with E-state index in [1.54, 1.807) is 5.57 Å². The lowest BCUT2D eigenvalue weighted by atomic mass is 9.85. The van der Waals surface area contributed by atoms with Gasteiger partial charge in [-0.2, -0.15) is 5.26 Å². The Morgan fingerprint density at radius 2 is 1.84 bits per heavy atom. The Bertz CT molecular complexity index is 805. The summed E-state index contributed by atoms with van der Waals surface area (Å²) >= 11 is 0. The summed E-state index contributed by atoms with van der Waals surface area (Å²) in [5, 5.41) is 9.20. The number of pyridine rings is 2. The van der Waals surface area contributed by atoms with Crippen molar-refractivity contribution in [2.75, 3.05) is 13.1 Å². The van der Waals surface area contributed by atoms with E-state index in [4.69, 9.17) is 4.98 Å². The SMILES string of the molecule is N#CC1CCN(C(=C2CCC2)c2cccnc2-c2ccncc2)CC1. The van der Waals surface area contributed by atoms with E-state index in [2.05, 4.69) is 22.0 Å². The van der Waals surface area contributed by atoms with Crippen molar-refractivity contribution < 1.29 is 0 Å². The second-order valence-electron chi connectivity index (χ2n) is 6.83. The first-order chi connectivity index (χ1) is 12.4. The number of likely N-dealkylation sites (tertiary alicyclic amines) is 1. The summed E-state index contributed by atoms with van der Waals surface area (Å²) in [4.78, 5) is 11.3. The van der Waals surface area contributed by atoms with E-state index in [0.29, 0.717) is 0 Å². The van der Waals surface area contributed by atoms with Gasteiger partial charge in [-0.05, 0) is 61.9 Å². The molecule has 4 nitrogen and oxygen atoms in total. The van der Waals surface area contributed by atoms with Crippen LogP contribution in [0.1, 0.15) is 37.7 Å². The molecule has 0 bridgehead atoms. The molecule has 0 amide bonds. The predicted molar refractivity (Wildman–Crippen MR) is 98.1 cm³/mol. The molecular formula is C21H22N4. The molecule has 0 N–H and O–H groups in total. The molecule has 1 saturated carbocycles. The van der Waals surface area contributed by atoms with Gasteiger partial charge in [0.2, 0.25) is 0 Å². The summed E-state index contributed by atoms with van der Waals surface area (Å²) in [6.45, 7) is 1.92. The van der Waals surface area contributed by atoms with Crippen LogP contribution in [-0.2, 0) is 0 Å². The highest BCUT2D eigenvalue weighted by Crippen LogP contribution is 2.39. The van der Waals surface area contributed by atoms with Gasteiger partial charge >= 0.3 is 0 Å². The fraction of sp³-hybridized carbons (Fsp3) is 0.381. The van der Waals surface area contributed by atoms with Crippen molar-refractivity contribution in [3.63, 3.8) is 0 Å². The van der Waals surface area contributed by atoms with Crippen LogP contribution < -0.4 is 0 Å². The van der Waals surface area contributed by atoms with Crippen molar-refractivity contribution in [2.45, 2.75) is 32.1 Å². The van der Waals surface area contributed by atoms with E-state index >= 15 is 0 Å². The second kappa shape index (κ2) is 7.06. The minimum absolute atomic E-state index is 0.206. The third-order valence-electron chi connectivity index (χ3n) is 5.30. The zero-order valence-electron chi connectivity index (χ0n) is 14.4. The molecule has 25 heavy (non-hydrogen) atoms. The number of hydrogen-bond donors (Lipinski definition) is 0. The van der Waals surface area contributed by atoms with Crippen molar-refractivity contribution in [1.29, 1.82) is 5.26 Å². The monoisotopic (exact) mass is 330 g/mol. The number of allylic oxidation sites excluding steroid dienone is 1. The summed E-state index contributed by atoms with van der Waals surface area (Å²) in [5.41, 5.74) is 6.26. The van der Waals surface area contributed by atoms with E-state index < -0.39 is 0 Å². The zero-order chi connectivity index (χ0) is 17.1. The molecular weight excluding hydrogens is 308 g/mol. The van der Waals surface area contributed by atoms with Gasteiger partial charge in [0.05, 0.1) is 11.8 Å². The van der Waals surface area contributed by atoms with Crippen LogP contribution in [0.3, 0.4) is 0 Å². The summed E-state index contributed by atoms with van der Waals surface area (Å²) < 4.78 is 0. The molecule has 1 saturated heterocycles. The Morgan fingerprint density at radius 3 is 2.48 bits per heavy atom. The molecule has 4 rings (SSSR count). The third kappa shape index (κ3) is 3.15. The molecule has 0 spiro atoms. The molecule has 2 fully saturated rings. The standard InChI is InChI=1S/C21H22N4/c22-15-16-8-13-25(14-9-16)21(18-3-1-4-18)19-5-2-10-24-20(19)17-6-11-23-12-7-17/h2,5-7,10-12,16H,1,3-4,8-9,13-14H2. The van der Waals surface area contributed by atoms with Gasteiger partial charge in [0.1, 0.15) is 0 Å². The van der Waals surface area contributed by atoms with Crippen LogP contribution in [-0.4, -0.2) is 28.0 Å². The molecule has 0 atom stereocenters. The minimum Gasteiger partial charge on any atom is -0.371 e. The van der Waals surface area contributed by atoms with E-state index in [1.165, 1.54) is 30.5 Å². The van der Waals surface area contributed by atoms with Gasteiger partial charge in [-0.1, -0.05) is 0 Å². The minimum atomic E-state index is 0.206. The van der Waals surface area contributed by atoms with Crippen molar-refractivity contribution in [2.24, 2.45) is 5.92 Å². The highest BCUT2D eigenvalue weighted by molar-refractivity contribution is 5.80. The first-order valence-electron chi connectivity index (χ1n) is 9.09. The van der Waals surface area contributed by atoms with Crippen molar-refractivity contribution in [3.05, 3.63) is 54.0 Å². The van der Waals surface area contributed by atoms with Crippen molar-refractivity contribution in [1.82, 2.24) is 14.9 Å². The van der Waals surface area contributed by atoms with Crippen LogP contribution in [0.4, 0.5) is 0 Å². The normalized spacial score (nSPS) is 17.7. The molecule has 3 heterocycles.